The predicted molar refractivity (Wildman–Crippen MR) is 76.4 cm³/mol. The van der Waals surface area contributed by atoms with Gasteiger partial charge in [0.25, 0.3) is 0 Å². The molecule has 2 nitrogen and oxygen atoms in total. The summed E-state index contributed by atoms with van der Waals surface area (Å²) >= 11 is 5.15. The Kier molecular flexibility index (Phi) is 3.71. The third-order valence-electron chi connectivity index (χ3n) is 2.62. The highest BCUT2D eigenvalue weighted by Gasteiger charge is 2.00. The molecule has 88 valence electrons. The van der Waals surface area contributed by atoms with E-state index in [0.717, 1.165) is 16.8 Å². The first-order chi connectivity index (χ1) is 8.70. The molecule has 0 aliphatic heterocycles. The fourth-order valence-electron chi connectivity index (χ4n) is 1.69. The Morgan fingerprint density at radius 3 is 2.56 bits per heavy atom. The standard InChI is InChI=1S/C15H12N2S/c1-11-9-13(17-15(18)14(11)10-16)8-7-12-5-3-2-4-6-12/h2-9H,1H3,(H,17,18)/b8-7+. The average molecular weight is 252 g/mol. The molecule has 1 heterocycles. The third-order valence-corrected chi connectivity index (χ3v) is 2.92. The second-order valence-electron chi connectivity index (χ2n) is 3.97. The van der Waals surface area contributed by atoms with E-state index in [1.54, 1.807) is 0 Å². The number of pyridine rings is 1. The van der Waals surface area contributed by atoms with Crippen LogP contribution in [0.15, 0.2) is 36.4 Å². The van der Waals surface area contributed by atoms with Gasteiger partial charge >= 0.3 is 0 Å². The number of aryl methyl sites for hydroxylation is 1. The molecule has 0 fully saturated rings. The number of nitrogens with one attached hydrogen (secondary N) is 1. The van der Waals surface area contributed by atoms with E-state index in [0.29, 0.717) is 10.2 Å². The van der Waals surface area contributed by atoms with Gasteiger partial charge < -0.3 is 4.98 Å². The highest BCUT2D eigenvalue weighted by molar-refractivity contribution is 7.71. The highest BCUT2D eigenvalue weighted by atomic mass is 32.1. The van der Waals surface area contributed by atoms with Gasteiger partial charge in [-0.1, -0.05) is 48.6 Å². The van der Waals surface area contributed by atoms with Crippen LogP contribution in [0.1, 0.15) is 22.4 Å². The van der Waals surface area contributed by atoms with Crippen LogP contribution in [-0.4, -0.2) is 4.98 Å². The fraction of sp³-hybridized carbons (Fsp3) is 0.0667. The molecule has 0 aliphatic rings. The molecule has 1 N–H and O–H groups in total. The van der Waals surface area contributed by atoms with Crippen molar-refractivity contribution in [3.05, 3.63) is 63.4 Å². The minimum absolute atomic E-state index is 0.491. The smallest absolute Gasteiger partial charge is 0.121 e. The van der Waals surface area contributed by atoms with Crippen LogP contribution < -0.4 is 0 Å². The van der Waals surface area contributed by atoms with E-state index in [1.165, 1.54) is 0 Å². The minimum atomic E-state index is 0.491. The van der Waals surface area contributed by atoms with Gasteiger partial charge in [-0.15, -0.1) is 0 Å². The molecule has 1 aromatic carbocycles. The van der Waals surface area contributed by atoms with Crippen molar-refractivity contribution in [1.29, 1.82) is 5.26 Å². The first-order valence-electron chi connectivity index (χ1n) is 5.58. The lowest BCUT2D eigenvalue weighted by atomic mass is 10.1. The first-order valence-corrected chi connectivity index (χ1v) is 5.98. The Morgan fingerprint density at radius 2 is 1.94 bits per heavy atom. The molecule has 0 bridgehead atoms. The summed E-state index contributed by atoms with van der Waals surface area (Å²) in [5.74, 6) is 0. The molecule has 0 amide bonds. The van der Waals surface area contributed by atoms with Crippen LogP contribution in [0, 0.1) is 22.9 Å². The maximum Gasteiger partial charge on any atom is 0.121 e. The topological polar surface area (TPSA) is 39.6 Å². The van der Waals surface area contributed by atoms with Crippen LogP contribution in [0.5, 0.6) is 0 Å². The molecule has 0 spiro atoms. The van der Waals surface area contributed by atoms with E-state index in [2.05, 4.69) is 11.1 Å². The molecule has 0 aliphatic carbocycles. The number of aromatic amines is 1. The zero-order valence-corrected chi connectivity index (χ0v) is 10.8. The number of nitriles is 1. The van der Waals surface area contributed by atoms with Crippen LogP contribution >= 0.6 is 12.2 Å². The van der Waals surface area contributed by atoms with Crippen LogP contribution in [-0.2, 0) is 0 Å². The van der Waals surface area contributed by atoms with Crippen molar-refractivity contribution in [2.75, 3.05) is 0 Å². The van der Waals surface area contributed by atoms with Gasteiger partial charge in [0.2, 0.25) is 0 Å². The van der Waals surface area contributed by atoms with Crippen molar-refractivity contribution in [3.8, 4) is 6.07 Å². The minimum Gasteiger partial charge on any atom is -0.345 e. The SMILES string of the molecule is Cc1cc(/C=C/c2ccccc2)[nH]c(=S)c1C#N. The maximum absolute atomic E-state index is 8.94. The number of aromatic nitrogens is 1. The van der Waals surface area contributed by atoms with Gasteiger partial charge in [-0.2, -0.15) is 5.26 Å². The van der Waals surface area contributed by atoms with Crippen LogP contribution in [0.25, 0.3) is 12.2 Å². The Bertz CT molecular complexity index is 676. The number of hydrogen-bond donors (Lipinski definition) is 1. The van der Waals surface area contributed by atoms with E-state index in [1.807, 2.05) is 55.5 Å². The van der Waals surface area contributed by atoms with Gasteiger partial charge in [-0.05, 0) is 30.2 Å². The lowest BCUT2D eigenvalue weighted by Crippen LogP contribution is -1.90. The molecule has 0 saturated heterocycles. The van der Waals surface area contributed by atoms with E-state index in [4.69, 9.17) is 17.5 Å². The maximum atomic E-state index is 8.94. The van der Waals surface area contributed by atoms with Crippen LogP contribution in [0.3, 0.4) is 0 Å². The van der Waals surface area contributed by atoms with Crippen molar-refractivity contribution in [2.45, 2.75) is 6.92 Å². The van der Waals surface area contributed by atoms with Crippen LogP contribution in [0.4, 0.5) is 0 Å². The summed E-state index contributed by atoms with van der Waals surface area (Å²) in [7, 11) is 0. The summed E-state index contributed by atoms with van der Waals surface area (Å²) in [4.78, 5) is 3.04. The molecule has 0 radical (unpaired) electrons. The van der Waals surface area contributed by atoms with Gasteiger partial charge in [0.15, 0.2) is 0 Å². The summed E-state index contributed by atoms with van der Waals surface area (Å²) in [6.45, 7) is 1.89. The van der Waals surface area contributed by atoms with Crippen molar-refractivity contribution in [1.82, 2.24) is 4.98 Å². The molecule has 1 aromatic heterocycles. The van der Waals surface area contributed by atoms with E-state index in [-0.39, 0.29) is 0 Å². The monoisotopic (exact) mass is 252 g/mol. The van der Waals surface area contributed by atoms with E-state index in [9.17, 15) is 0 Å². The molecule has 3 heteroatoms. The van der Waals surface area contributed by atoms with Crippen molar-refractivity contribution in [3.63, 3.8) is 0 Å². The number of rotatable bonds is 2. The Balaban J connectivity index is 2.35. The molecule has 2 aromatic rings. The normalized spacial score (nSPS) is 10.4. The van der Waals surface area contributed by atoms with Gasteiger partial charge in [-0.3, -0.25) is 0 Å². The number of hydrogen-bond acceptors (Lipinski definition) is 2. The molecule has 0 saturated carbocycles. The van der Waals surface area contributed by atoms with Crippen molar-refractivity contribution < 1.29 is 0 Å². The molecule has 0 unspecified atom stereocenters. The summed E-state index contributed by atoms with van der Waals surface area (Å²) < 4.78 is 0.491. The van der Waals surface area contributed by atoms with Crippen molar-refractivity contribution >= 4 is 24.4 Å². The van der Waals surface area contributed by atoms with E-state index >= 15 is 0 Å². The molecule has 2 rings (SSSR count). The number of benzene rings is 1. The molecule has 18 heavy (non-hydrogen) atoms. The summed E-state index contributed by atoms with van der Waals surface area (Å²) in [5, 5.41) is 8.94. The molecular formula is C15H12N2S. The van der Waals surface area contributed by atoms with Gasteiger partial charge in [0.1, 0.15) is 10.7 Å². The van der Waals surface area contributed by atoms with Crippen LogP contribution in [0.2, 0.25) is 0 Å². The summed E-state index contributed by atoms with van der Waals surface area (Å²) in [6.07, 6.45) is 3.96. The number of nitrogens with zero attached hydrogens (tertiary/aromatic N) is 1. The van der Waals surface area contributed by atoms with Gasteiger partial charge in [-0.25, -0.2) is 0 Å². The lowest BCUT2D eigenvalue weighted by molar-refractivity contribution is 1.21. The first kappa shape index (κ1) is 12.3. The Morgan fingerprint density at radius 1 is 1.22 bits per heavy atom. The average Bonchev–Trinajstić information content (AvgIpc) is 2.37. The van der Waals surface area contributed by atoms with Gasteiger partial charge in [0.05, 0.1) is 5.56 Å². The molecular weight excluding hydrogens is 240 g/mol. The predicted octanol–water partition coefficient (Wildman–Crippen LogP) is 4.09. The second kappa shape index (κ2) is 5.44. The molecule has 0 atom stereocenters. The zero-order valence-electron chi connectivity index (χ0n) is 9.97. The van der Waals surface area contributed by atoms with Crippen molar-refractivity contribution in [2.24, 2.45) is 0 Å². The quantitative estimate of drug-likeness (QED) is 0.817. The Hall–Kier alpha value is -2.18. The fourth-order valence-corrected chi connectivity index (χ4v) is 2.02. The zero-order chi connectivity index (χ0) is 13.0. The third kappa shape index (κ3) is 2.73. The highest BCUT2D eigenvalue weighted by Crippen LogP contribution is 2.12. The van der Waals surface area contributed by atoms with Gasteiger partial charge in [0, 0.05) is 5.69 Å². The summed E-state index contributed by atoms with van der Waals surface area (Å²) in [5.41, 5.74) is 3.47. The number of H-pyrrole nitrogens is 1. The largest absolute Gasteiger partial charge is 0.345 e. The lowest BCUT2D eigenvalue weighted by Gasteiger charge is -2.00. The summed E-state index contributed by atoms with van der Waals surface area (Å²) in [6, 6.07) is 14.1. The van der Waals surface area contributed by atoms with E-state index < -0.39 is 0 Å². The Labute approximate surface area is 111 Å². The second-order valence-corrected chi connectivity index (χ2v) is 4.38.